The van der Waals surface area contributed by atoms with Crippen molar-refractivity contribution in [2.24, 2.45) is 5.73 Å². The van der Waals surface area contributed by atoms with Crippen LogP contribution >= 0.6 is 0 Å². The zero-order valence-corrected chi connectivity index (χ0v) is 10.2. The smallest absolute Gasteiger partial charge is 0.224 e. The summed E-state index contributed by atoms with van der Waals surface area (Å²) in [7, 11) is 0. The van der Waals surface area contributed by atoms with Gasteiger partial charge in [0, 0.05) is 24.5 Å². The van der Waals surface area contributed by atoms with E-state index in [0.717, 1.165) is 25.7 Å². The first-order valence-electron chi connectivity index (χ1n) is 6.16. The number of hydrogen-bond acceptors (Lipinski definition) is 2. The molecule has 0 bridgehead atoms. The maximum absolute atomic E-state index is 12.0. The number of hydrogen-bond donors (Lipinski definition) is 1. The molecule has 0 spiro atoms. The molecular weight excluding hydrogens is 188 g/mol. The summed E-state index contributed by atoms with van der Waals surface area (Å²) in [5.41, 5.74) is 5.83. The van der Waals surface area contributed by atoms with Gasteiger partial charge in [-0.15, -0.1) is 0 Å². The van der Waals surface area contributed by atoms with Crippen LogP contribution in [0.25, 0.3) is 0 Å². The van der Waals surface area contributed by atoms with E-state index in [1.807, 2.05) is 6.92 Å². The van der Waals surface area contributed by atoms with Crippen molar-refractivity contribution in [3.8, 4) is 0 Å². The molecule has 88 valence electrons. The van der Waals surface area contributed by atoms with Gasteiger partial charge in [-0.05, 0) is 32.6 Å². The summed E-state index contributed by atoms with van der Waals surface area (Å²) in [6.07, 6.45) is 4.76. The van der Waals surface area contributed by atoms with Gasteiger partial charge in [0.05, 0.1) is 0 Å². The molecule has 1 heterocycles. The summed E-state index contributed by atoms with van der Waals surface area (Å²) in [5, 5.41) is 0. The van der Waals surface area contributed by atoms with Crippen molar-refractivity contribution in [3.63, 3.8) is 0 Å². The van der Waals surface area contributed by atoms with Gasteiger partial charge in [-0.3, -0.25) is 4.79 Å². The van der Waals surface area contributed by atoms with Crippen molar-refractivity contribution < 1.29 is 4.79 Å². The van der Waals surface area contributed by atoms with Crippen LogP contribution in [0.1, 0.15) is 52.9 Å². The van der Waals surface area contributed by atoms with E-state index in [9.17, 15) is 4.79 Å². The zero-order valence-electron chi connectivity index (χ0n) is 10.2. The highest BCUT2D eigenvalue weighted by Gasteiger charge is 2.33. The molecule has 0 aromatic carbocycles. The van der Waals surface area contributed by atoms with Gasteiger partial charge in [-0.1, -0.05) is 13.8 Å². The van der Waals surface area contributed by atoms with Gasteiger partial charge in [-0.2, -0.15) is 0 Å². The van der Waals surface area contributed by atoms with Gasteiger partial charge >= 0.3 is 0 Å². The Hall–Kier alpha value is -0.570. The number of carbonyl (C=O) groups excluding carboxylic acids is 1. The first kappa shape index (κ1) is 12.5. The summed E-state index contributed by atoms with van der Waals surface area (Å²) in [6.45, 7) is 6.33. The summed E-state index contributed by atoms with van der Waals surface area (Å²) >= 11 is 0. The maximum atomic E-state index is 12.0. The number of rotatable bonds is 4. The second-order valence-corrected chi connectivity index (χ2v) is 4.66. The fourth-order valence-corrected chi connectivity index (χ4v) is 2.40. The molecule has 0 aromatic rings. The number of carbonyl (C=O) groups is 1. The molecule has 0 radical (unpaired) electrons. The largest absolute Gasteiger partial charge is 0.337 e. The van der Waals surface area contributed by atoms with Gasteiger partial charge in [0.2, 0.25) is 5.91 Å². The Labute approximate surface area is 93.0 Å². The van der Waals surface area contributed by atoms with Crippen molar-refractivity contribution in [1.82, 2.24) is 4.90 Å². The van der Waals surface area contributed by atoms with E-state index in [4.69, 9.17) is 5.73 Å². The number of amides is 1. The molecule has 1 rings (SSSR count). The second-order valence-electron chi connectivity index (χ2n) is 4.66. The number of likely N-dealkylation sites (tertiary alicyclic amines) is 1. The van der Waals surface area contributed by atoms with E-state index in [1.54, 1.807) is 0 Å². The summed E-state index contributed by atoms with van der Waals surface area (Å²) in [6, 6.07) is 0.894. The minimum absolute atomic E-state index is 0.0304. The van der Waals surface area contributed by atoms with Crippen LogP contribution in [0.15, 0.2) is 0 Å². The molecule has 1 amide bonds. The van der Waals surface area contributed by atoms with Crippen LogP contribution in [-0.4, -0.2) is 28.9 Å². The van der Waals surface area contributed by atoms with Crippen molar-refractivity contribution >= 4 is 5.91 Å². The van der Waals surface area contributed by atoms with E-state index in [-0.39, 0.29) is 11.9 Å². The monoisotopic (exact) mass is 212 g/mol. The molecule has 3 heteroatoms. The van der Waals surface area contributed by atoms with Gasteiger partial charge in [-0.25, -0.2) is 0 Å². The third-order valence-corrected chi connectivity index (χ3v) is 3.51. The lowest BCUT2D eigenvalue weighted by molar-refractivity contribution is -0.134. The second kappa shape index (κ2) is 5.50. The van der Waals surface area contributed by atoms with Gasteiger partial charge in [0.1, 0.15) is 0 Å². The number of nitrogens with two attached hydrogens (primary N) is 1. The Morgan fingerprint density at radius 1 is 1.47 bits per heavy atom. The highest BCUT2D eigenvalue weighted by atomic mass is 16.2. The summed E-state index contributed by atoms with van der Waals surface area (Å²) in [4.78, 5) is 14.1. The molecule has 2 N–H and O–H groups in total. The van der Waals surface area contributed by atoms with E-state index in [2.05, 4.69) is 18.7 Å². The van der Waals surface area contributed by atoms with Crippen LogP contribution in [0, 0.1) is 0 Å². The maximum Gasteiger partial charge on any atom is 0.224 e. The highest BCUT2D eigenvalue weighted by molar-refractivity contribution is 5.77. The van der Waals surface area contributed by atoms with Gasteiger partial charge in [0.25, 0.3) is 0 Å². The molecule has 0 aliphatic carbocycles. The lowest BCUT2D eigenvalue weighted by Gasteiger charge is -2.29. The van der Waals surface area contributed by atoms with Gasteiger partial charge < -0.3 is 10.6 Å². The lowest BCUT2D eigenvalue weighted by Crippen LogP contribution is -2.42. The highest BCUT2D eigenvalue weighted by Crippen LogP contribution is 2.26. The fraction of sp³-hybridized carbons (Fsp3) is 0.917. The molecule has 1 aliphatic heterocycles. The Balaban J connectivity index is 2.56. The van der Waals surface area contributed by atoms with E-state index < -0.39 is 0 Å². The third kappa shape index (κ3) is 2.94. The van der Waals surface area contributed by atoms with Crippen LogP contribution in [0.4, 0.5) is 0 Å². The first-order chi connectivity index (χ1) is 7.10. The standard InChI is InChI=1S/C12H24N2O/c1-4-10(13)8-12(15)14-9(3)6-7-11(14)5-2/h9-11H,4-8,13H2,1-3H3. The molecule has 0 aromatic heterocycles. The quantitative estimate of drug-likeness (QED) is 0.773. The first-order valence-corrected chi connectivity index (χ1v) is 6.16. The molecule has 0 saturated carbocycles. The molecule has 1 aliphatic rings. The van der Waals surface area contributed by atoms with Crippen LogP contribution < -0.4 is 5.73 Å². The molecule has 3 atom stereocenters. The zero-order chi connectivity index (χ0) is 11.4. The molecule has 1 saturated heterocycles. The molecule has 3 unspecified atom stereocenters. The minimum atomic E-state index is 0.0304. The lowest BCUT2D eigenvalue weighted by atomic mass is 10.1. The fourth-order valence-electron chi connectivity index (χ4n) is 2.40. The Morgan fingerprint density at radius 2 is 2.13 bits per heavy atom. The molecule has 15 heavy (non-hydrogen) atoms. The van der Waals surface area contributed by atoms with E-state index >= 15 is 0 Å². The van der Waals surface area contributed by atoms with Gasteiger partial charge in [0.15, 0.2) is 0 Å². The summed E-state index contributed by atoms with van der Waals surface area (Å²) < 4.78 is 0. The molecule has 3 nitrogen and oxygen atoms in total. The van der Waals surface area contributed by atoms with Crippen LogP contribution in [0.5, 0.6) is 0 Å². The number of nitrogens with zero attached hydrogens (tertiary/aromatic N) is 1. The average Bonchev–Trinajstić information content (AvgIpc) is 2.59. The Bertz CT molecular complexity index is 218. The normalized spacial score (nSPS) is 28.1. The Morgan fingerprint density at radius 3 is 2.67 bits per heavy atom. The SMILES string of the molecule is CCC(N)CC(=O)N1C(C)CCC1CC. The van der Waals surface area contributed by atoms with Crippen LogP contribution in [0.3, 0.4) is 0 Å². The van der Waals surface area contributed by atoms with Crippen molar-refractivity contribution in [2.45, 2.75) is 71.0 Å². The molecule has 1 fully saturated rings. The summed E-state index contributed by atoms with van der Waals surface area (Å²) in [5.74, 6) is 0.251. The average molecular weight is 212 g/mol. The minimum Gasteiger partial charge on any atom is -0.337 e. The van der Waals surface area contributed by atoms with Crippen LogP contribution in [-0.2, 0) is 4.79 Å². The van der Waals surface area contributed by atoms with E-state index in [1.165, 1.54) is 0 Å². The van der Waals surface area contributed by atoms with Crippen LogP contribution in [0.2, 0.25) is 0 Å². The Kier molecular flexibility index (Phi) is 4.58. The predicted molar refractivity (Wildman–Crippen MR) is 62.5 cm³/mol. The molecular formula is C12H24N2O. The van der Waals surface area contributed by atoms with E-state index in [0.29, 0.717) is 18.5 Å². The van der Waals surface area contributed by atoms with Crippen molar-refractivity contribution in [2.75, 3.05) is 0 Å². The third-order valence-electron chi connectivity index (χ3n) is 3.51. The van der Waals surface area contributed by atoms with Crippen molar-refractivity contribution in [3.05, 3.63) is 0 Å². The van der Waals surface area contributed by atoms with Crippen molar-refractivity contribution in [1.29, 1.82) is 0 Å². The topological polar surface area (TPSA) is 46.3 Å². The predicted octanol–water partition coefficient (Wildman–Crippen LogP) is 1.90.